The number of hydrogen-bond donors (Lipinski definition) is 2. The van der Waals surface area contributed by atoms with E-state index < -0.39 is 21.7 Å². The van der Waals surface area contributed by atoms with Crippen molar-refractivity contribution in [1.82, 2.24) is 0 Å². The Morgan fingerprint density at radius 2 is 1.87 bits per heavy atom. The highest BCUT2D eigenvalue weighted by Gasteiger charge is 2.25. The first-order chi connectivity index (χ1) is 14.2. The first-order valence-corrected chi connectivity index (χ1v) is 12.0. The van der Waals surface area contributed by atoms with E-state index in [4.69, 9.17) is 0 Å². The minimum Gasteiger partial charge on any atom is -0.326 e. The summed E-state index contributed by atoms with van der Waals surface area (Å²) in [7, 11) is -3.74. The molecule has 9 heteroatoms. The van der Waals surface area contributed by atoms with Crippen molar-refractivity contribution in [3.8, 4) is 0 Å². The SMILES string of the molecule is CC(=O)c1ccc(NC(=O)C(C)CS(=O)(=O)c2ccc3c(c2)NC(=O)CCS3)cc1. The van der Waals surface area contributed by atoms with Gasteiger partial charge in [-0.2, -0.15) is 0 Å². The molecule has 0 saturated heterocycles. The molecule has 1 unspecified atom stereocenters. The third kappa shape index (κ3) is 5.28. The summed E-state index contributed by atoms with van der Waals surface area (Å²) in [5.41, 5.74) is 1.49. The summed E-state index contributed by atoms with van der Waals surface area (Å²) in [6.45, 7) is 2.99. The lowest BCUT2D eigenvalue weighted by atomic mass is 10.1. The van der Waals surface area contributed by atoms with Crippen molar-refractivity contribution < 1.29 is 22.8 Å². The smallest absolute Gasteiger partial charge is 0.228 e. The quantitative estimate of drug-likeness (QED) is 0.659. The first kappa shape index (κ1) is 22.0. The van der Waals surface area contributed by atoms with E-state index in [0.29, 0.717) is 29.1 Å². The van der Waals surface area contributed by atoms with Gasteiger partial charge in [0.2, 0.25) is 11.8 Å². The summed E-state index contributed by atoms with van der Waals surface area (Å²) >= 11 is 1.49. The normalized spacial score (nSPS) is 14.8. The number of nitrogens with one attached hydrogen (secondary N) is 2. The monoisotopic (exact) mass is 446 g/mol. The molecule has 2 aromatic carbocycles. The first-order valence-electron chi connectivity index (χ1n) is 9.37. The molecular formula is C21H22N2O5S2. The molecule has 0 bridgehead atoms. The predicted octanol–water partition coefficient (Wildman–Crippen LogP) is 3.37. The van der Waals surface area contributed by atoms with Crippen molar-refractivity contribution >= 4 is 50.6 Å². The standard InChI is InChI=1S/C21H22N2O5S2/c1-13(21(26)22-16-5-3-15(4-6-16)14(2)24)12-30(27,28)17-7-8-19-18(11-17)23-20(25)9-10-29-19/h3-8,11,13H,9-10,12H2,1-2H3,(H,22,26)(H,23,25). The van der Waals surface area contributed by atoms with Crippen LogP contribution in [-0.2, 0) is 19.4 Å². The number of Topliss-reactive ketones (excluding diaryl/α,β-unsaturated/α-hetero) is 1. The van der Waals surface area contributed by atoms with Crippen molar-refractivity contribution in [1.29, 1.82) is 0 Å². The van der Waals surface area contributed by atoms with E-state index >= 15 is 0 Å². The molecule has 1 aliphatic rings. The van der Waals surface area contributed by atoms with E-state index in [9.17, 15) is 22.8 Å². The fourth-order valence-electron chi connectivity index (χ4n) is 2.95. The Morgan fingerprint density at radius 3 is 2.53 bits per heavy atom. The van der Waals surface area contributed by atoms with Gasteiger partial charge in [0.15, 0.2) is 15.6 Å². The number of rotatable bonds is 6. The van der Waals surface area contributed by atoms with E-state index in [1.165, 1.54) is 37.7 Å². The van der Waals surface area contributed by atoms with Crippen LogP contribution >= 0.6 is 11.8 Å². The number of ketones is 1. The van der Waals surface area contributed by atoms with Gasteiger partial charge in [0.1, 0.15) is 0 Å². The van der Waals surface area contributed by atoms with Crippen molar-refractivity contribution in [3.05, 3.63) is 48.0 Å². The van der Waals surface area contributed by atoms with Crippen molar-refractivity contribution in [2.24, 2.45) is 5.92 Å². The number of anilines is 2. The van der Waals surface area contributed by atoms with Crippen molar-refractivity contribution in [3.63, 3.8) is 0 Å². The molecule has 1 aliphatic heterocycles. The highest BCUT2D eigenvalue weighted by molar-refractivity contribution is 7.99. The molecule has 0 spiro atoms. The van der Waals surface area contributed by atoms with Gasteiger partial charge in [-0.05, 0) is 49.4 Å². The van der Waals surface area contributed by atoms with Gasteiger partial charge >= 0.3 is 0 Å². The van der Waals surface area contributed by atoms with Crippen LogP contribution in [-0.4, -0.2) is 37.5 Å². The Bertz CT molecular complexity index is 1090. The number of sulfone groups is 1. The molecule has 158 valence electrons. The molecule has 2 aromatic rings. The molecule has 3 rings (SSSR count). The topological polar surface area (TPSA) is 109 Å². The van der Waals surface area contributed by atoms with Crippen LogP contribution in [0, 0.1) is 5.92 Å². The summed E-state index contributed by atoms with van der Waals surface area (Å²) in [6.07, 6.45) is 0.367. The number of thioether (sulfide) groups is 1. The maximum atomic E-state index is 12.8. The predicted molar refractivity (Wildman–Crippen MR) is 117 cm³/mol. The Kier molecular flexibility index (Phi) is 6.62. The molecular weight excluding hydrogens is 424 g/mol. The molecule has 0 saturated carbocycles. The van der Waals surface area contributed by atoms with Gasteiger partial charge in [0, 0.05) is 34.2 Å². The molecule has 2 N–H and O–H groups in total. The number of fused-ring (bicyclic) bond motifs is 1. The fraction of sp³-hybridized carbons (Fsp3) is 0.286. The minimum absolute atomic E-state index is 0.0644. The maximum absolute atomic E-state index is 12.8. The van der Waals surface area contributed by atoms with Crippen molar-refractivity contribution in [2.75, 3.05) is 22.1 Å². The van der Waals surface area contributed by atoms with Crippen LogP contribution in [0.5, 0.6) is 0 Å². The van der Waals surface area contributed by atoms with E-state index in [1.807, 2.05) is 0 Å². The largest absolute Gasteiger partial charge is 0.326 e. The Labute approximate surface area is 179 Å². The third-order valence-electron chi connectivity index (χ3n) is 4.65. The molecule has 2 amide bonds. The molecule has 30 heavy (non-hydrogen) atoms. The second kappa shape index (κ2) is 9.01. The Morgan fingerprint density at radius 1 is 1.17 bits per heavy atom. The van der Waals surface area contributed by atoms with E-state index in [0.717, 1.165) is 4.90 Å². The number of amides is 2. The van der Waals surface area contributed by atoms with Gasteiger partial charge in [0.25, 0.3) is 0 Å². The van der Waals surface area contributed by atoms with Crippen molar-refractivity contribution in [2.45, 2.75) is 30.1 Å². The zero-order valence-electron chi connectivity index (χ0n) is 16.6. The van der Waals surface area contributed by atoms with Gasteiger partial charge < -0.3 is 10.6 Å². The summed E-state index contributed by atoms with van der Waals surface area (Å²) in [5, 5.41) is 5.40. The van der Waals surface area contributed by atoms with E-state index in [-0.39, 0.29) is 22.3 Å². The lowest BCUT2D eigenvalue weighted by Gasteiger charge is -2.14. The Hall–Kier alpha value is -2.65. The second-order valence-electron chi connectivity index (χ2n) is 7.11. The molecule has 0 aliphatic carbocycles. The highest BCUT2D eigenvalue weighted by Crippen LogP contribution is 2.33. The summed E-state index contributed by atoms with van der Waals surface area (Å²) < 4.78 is 25.7. The van der Waals surface area contributed by atoms with Gasteiger partial charge in [-0.3, -0.25) is 14.4 Å². The summed E-state index contributed by atoms with van der Waals surface area (Å²) in [4.78, 5) is 36.4. The number of hydrogen-bond acceptors (Lipinski definition) is 6. The van der Waals surface area contributed by atoms with Gasteiger partial charge in [-0.25, -0.2) is 8.42 Å². The average molecular weight is 447 g/mol. The molecule has 0 radical (unpaired) electrons. The molecule has 1 atom stereocenters. The lowest BCUT2D eigenvalue weighted by Crippen LogP contribution is -2.27. The average Bonchev–Trinajstić information content (AvgIpc) is 2.87. The molecule has 0 fully saturated rings. The van der Waals surface area contributed by atoms with Crippen LogP contribution in [0.3, 0.4) is 0 Å². The Balaban J connectivity index is 1.70. The maximum Gasteiger partial charge on any atom is 0.228 e. The van der Waals surface area contributed by atoms with Crippen LogP contribution in [0.4, 0.5) is 11.4 Å². The third-order valence-corrected chi connectivity index (χ3v) is 7.63. The van der Waals surface area contributed by atoms with Gasteiger partial charge in [-0.1, -0.05) is 6.92 Å². The molecule has 7 nitrogen and oxygen atoms in total. The second-order valence-corrected chi connectivity index (χ2v) is 10.3. The van der Waals surface area contributed by atoms with Crippen LogP contribution in [0.1, 0.15) is 30.6 Å². The molecule has 1 heterocycles. The number of carbonyl (C=O) groups excluding carboxylic acids is 3. The summed E-state index contributed by atoms with van der Waals surface area (Å²) in [5.74, 6) is -1.21. The zero-order chi connectivity index (χ0) is 21.9. The van der Waals surface area contributed by atoms with Crippen LogP contribution in [0.15, 0.2) is 52.3 Å². The van der Waals surface area contributed by atoms with E-state index in [1.54, 1.807) is 30.3 Å². The van der Waals surface area contributed by atoms with Gasteiger partial charge in [0.05, 0.1) is 16.3 Å². The van der Waals surface area contributed by atoms with Crippen LogP contribution < -0.4 is 10.6 Å². The number of carbonyl (C=O) groups is 3. The highest BCUT2D eigenvalue weighted by atomic mass is 32.2. The minimum atomic E-state index is -3.74. The summed E-state index contributed by atoms with van der Waals surface area (Å²) in [6, 6.07) is 11.0. The van der Waals surface area contributed by atoms with Crippen LogP contribution in [0.25, 0.3) is 0 Å². The van der Waals surface area contributed by atoms with E-state index in [2.05, 4.69) is 10.6 Å². The lowest BCUT2D eigenvalue weighted by molar-refractivity contribution is -0.119. The fourth-order valence-corrected chi connectivity index (χ4v) is 5.46. The molecule has 0 aromatic heterocycles. The zero-order valence-corrected chi connectivity index (χ0v) is 18.2. The number of benzene rings is 2. The van der Waals surface area contributed by atoms with Gasteiger partial charge in [-0.15, -0.1) is 11.8 Å². The van der Waals surface area contributed by atoms with Crippen LogP contribution in [0.2, 0.25) is 0 Å².